The van der Waals surface area contributed by atoms with E-state index in [1.165, 1.54) is 0 Å². The Bertz CT molecular complexity index is 592. The zero-order chi connectivity index (χ0) is 15.4. The highest BCUT2D eigenvalue weighted by molar-refractivity contribution is 6.68. The SMILES string of the molecule is CN1C[C@@H]2c3ccccc3O[C@@H](C(Cl)(Cl)Cl)[C@]2([N+](=O)[O-])C1. The summed E-state index contributed by atoms with van der Waals surface area (Å²) in [7, 11) is 1.82. The Labute approximate surface area is 136 Å². The van der Waals surface area contributed by atoms with Crippen molar-refractivity contribution in [3.63, 3.8) is 0 Å². The number of benzene rings is 1. The van der Waals surface area contributed by atoms with E-state index >= 15 is 0 Å². The van der Waals surface area contributed by atoms with Crippen LogP contribution in [0.15, 0.2) is 24.3 Å². The lowest BCUT2D eigenvalue weighted by Gasteiger charge is -2.41. The molecule has 2 aliphatic rings. The van der Waals surface area contributed by atoms with Crippen LogP contribution in [0.1, 0.15) is 11.5 Å². The molecule has 2 heterocycles. The van der Waals surface area contributed by atoms with Gasteiger partial charge < -0.3 is 4.74 Å². The second kappa shape index (κ2) is 4.88. The van der Waals surface area contributed by atoms with E-state index in [4.69, 9.17) is 39.5 Å². The molecule has 0 saturated carbocycles. The van der Waals surface area contributed by atoms with Gasteiger partial charge in [-0.1, -0.05) is 53.0 Å². The van der Waals surface area contributed by atoms with Crippen molar-refractivity contribution in [3.8, 4) is 5.75 Å². The Balaban J connectivity index is 2.22. The van der Waals surface area contributed by atoms with Crippen molar-refractivity contribution in [2.24, 2.45) is 0 Å². The first-order valence-electron chi connectivity index (χ1n) is 6.42. The maximum atomic E-state index is 11.9. The van der Waals surface area contributed by atoms with Crippen molar-refractivity contribution in [1.82, 2.24) is 4.90 Å². The minimum absolute atomic E-state index is 0.178. The summed E-state index contributed by atoms with van der Waals surface area (Å²) in [6.45, 7) is 0.705. The molecule has 5 nitrogen and oxygen atoms in total. The van der Waals surface area contributed by atoms with Crippen molar-refractivity contribution in [3.05, 3.63) is 39.9 Å². The first-order valence-corrected chi connectivity index (χ1v) is 7.55. The first-order chi connectivity index (χ1) is 9.76. The minimum Gasteiger partial charge on any atom is -0.478 e. The molecule has 114 valence electrons. The van der Waals surface area contributed by atoms with Crippen molar-refractivity contribution in [2.45, 2.75) is 21.4 Å². The molecule has 0 unspecified atom stereocenters. The molecule has 0 aliphatic carbocycles. The normalized spacial score (nSPS) is 32.2. The number of fused-ring (bicyclic) bond motifs is 3. The Morgan fingerprint density at radius 2 is 2.10 bits per heavy atom. The number of halogens is 3. The summed E-state index contributed by atoms with van der Waals surface area (Å²) in [6, 6.07) is 7.22. The topological polar surface area (TPSA) is 55.6 Å². The van der Waals surface area contributed by atoms with E-state index in [-0.39, 0.29) is 17.4 Å². The Morgan fingerprint density at radius 3 is 2.71 bits per heavy atom. The molecular formula is C13H13Cl3N2O3. The van der Waals surface area contributed by atoms with Crippen LogP contribution in [0.25, 0.3) is 0 Å². The molecule has 3 atom stereocenters. The van der Waals surface area contributed by atoms with Crippen LogP contribution in [0.4, 0.5) is 0 Å². The molecule has 3 rings (SSSR count). The summed E-state index contributed by atoms with van der Waals surface area (Å²) in [5.74, 6) is 0.176. The van der Waals surface area contributed by atoms with Gasteiger partial charge in [-0.3, -0.25) is 15.0 Å². The highest BCUT2D eigenvalue weighted by atomic mass is 35.6. The summed E-state index contributed by atoms with van der Waals surface area (Å²) >= 11 is 18.0. The number of hydrogen-bond acceptors (Lipinski definition) is 4. The van der Waals surface area contributed by atoms with Gasteiger partial charge in [0.15, 0.2) is 0 Å². The lowest BCUT2D eigenvalue weighted by molar-refractivity contribution is -0.581. The summed E-state index contributed by atoms with van der Waals surface area (Å²) in [5.41, 5.74) is -0.669. The van der Waals surface area contributed by atoms with Crippen LogP contribution in [0, 0.1) is 10.1 Å². The number of likely N-dealkylation sites (N-methyl/N-ethyl adjacent to an activating group) is 1. The molecule has 1 aromatic rings. The quantitative estimate of drug-likeness (QED) is 0.443. The predicted octanol–water partition coefficient (Wildman–Crippen LogP) is 2.86. The van der Waals surface area contributed by atoms with Gasteiger partial charge in [-0.15, -0.1) is 0 Å². The van der Waals surface area contributed by atoms with Crippen LogP contribution >= 0.6 is 34.8 Å². The first kappa shape index (κ1) is 15.2. The van der Waals surface area contributed by atoms with Crippen molar-refractivity contribution in [2.75, 3.05) is 20.1 Å². The van der Waals surface area contributed by atoms with Gasteiger partial charge in [-0.2, -0.15) is 0 Å². The van der Waals surface area contributed by atoms with E-state index in [1.807, 2.05) is 24.1 Å². The molecule has 0 aromatic heterocycles. The molecule has 0 radical (unpaired) electrons. The average molecular weight is 352 g/mol. The number of nitro groups is 1. The van der Waals surface area contributed by atoms with Gasteiger partial charge in [0.05, 0.1) is 12.5 Å². The third kappa shape index (κ3) is 2.18. The zero-order valence-electron chi connectivity index (χ0n) is 11.1. The second-order valence-electron chi connectivity index (χ2n) is 5.58. The zero-order valence-corrected chi connectivity index (χ0v) is 13.4. The predicted molar refractivity (Wildman–Crippen MR) is 81.1 cm³/mol. The van der Waals surface area contributed by atoms with Gasteiger partial charge in [0.1, 0.15) is 5.75 Å². The third-order valence-corrected chi connectivity index (χ3v) is 4.85. The molecule has 21 heavy (non-hydrogen) atoms. The van der Waals surface area contributed by atoms with Crippen LogP contribution < -0.4 is 4.74 Å². The van der Waals surface area contributed by atoms with Gasteiger partial charge in [-0.05, 0) is 13.1 Å². The van der Waals surface area contributed by atoms with Crippen LogP contribution in [-0.4, -0.2) is 45.4 Å². The Morgan fingerprint density at radius 1 is 1.43 bits per heavy atom. The summed E-state index contributed by atoms with van der Waals surface area (Å²) in [6.07, 6.45) is -1.14. The molecule has 1 aromatic carbocycles. The molecule has 0 spiro atoms. The molecule has 1 saturated heterocycles. The van der Waals surface area contributed by atoms with Gasteiger partial charge >= 0.3 is 0 Å². The second-order valence-corrected chi connectivity index (χ2v) is 7.94. The number of para-hydroxylation sites is 1. The fourth-order valence-electron chi connectivity index (χ4n) is 3.45. The van der Waals surface area contributed by atoms with Crippen LogP contribution in [0.3, 0.4) is 0 Å². The van der Waals surface area contributed by atoms with Gasteiger partial charge in [0.2, 0.25) is 9.90 Å². The van der Waals surface area contributed by atoms with E-state index in [2.05, 4.69) is 0 Å². The number of nitrogens with zero attached hydrogens (tertiary/aromatic N) is 2. The number of rotatable bonds is 1. The molecule has 1 fully saturated rings. The maximum absolute atomic E-state index is 11.9. The lowest BCUT2D eigenvalue weighted by Crippen LogP contribution is -2.63. The van der Waals surface area contributed by atoms with Gasteiger partial charge in [0.25, 0.3) is 5.54 Å². The fraction of sp³-hybridized carbons (Fsp3) is 0.538. The summed E-state index contributed by atoms with van der Waals surface area (Å²) in [5, 5.41) is 11.9. The monoisotopic (exact) mass is 350 g/mol. The van der Waals surface area contributed by atoms with Crippen LogP contribution in [-0.2, 0) is 0 Å². The van der Waals surface area contributed by atoms with E-state index in [0.29, 0.717) is 12.3 Å². The van der Waals surface area contributed by atoms with Crippen molar-refractivity contribution >= 4 is 34.8 Å². The third-order valence-electron chi connectivity index (χ3n) is 4.25. The summed E-state index contributed by atoms with van der Waals surface area (Å²) in [4.78, 5) is 13.4. The van der Waals surface area contributed by atoms with Crippen LogP contribution in [0.5, 0.6) is 5.75 Å². The molecule has 8 heteroatoms. The molecular weight excluding hydrogens is 339 g/mol. The largest absolute Gasteiger partial charge is 0.478 e. The standard InChI is InChI=1S/C13H13Cl3N2O3/c1-17-6-9-8-4-2-3-5-10(8)21-11(13(14,15)16)12(9,7-17)18(19)20/h2-5,9,11H,6-7H2,1H3/t9-,11-,12+/m1/s1. The highest BCUT2D eigenvalue weighted by Gasteiger charge is 2.70. The number of ether oxygens (including phenoxy) is 1. The van der Waals surface area contributed by atoms with Gasteiger partial charge in [0, 0.05) is 17.0 Å². The van der Waals surface area contributed by atoms with Crippen molar-refractivity contribution < 1.29 is 9.66 Å². The van der Waals surface area contributed by atoms with E-state index in [0.717, 1.165) is 5.56 Å². The van der Waals surface area contributed by atoms with Gasteiger partial charge in [-0.25, -0.2) is 0 Å². The lowest BCUT2D eigenvalue weighted by atomic mass is 9.76. The maximum Gasteiger partial charge on any atom is 0.282 e. The average Bonchev–Trinajstić information content (AvgIpc) is 2.75. The van der Waals surface area contributed by atoms with E-state index in [1.54, 1.807) is 12.1 Å². The Hall–Kier alpha value is -0.750. The smallest absolute Gasteiger partial charge is 0.282 e. The number of likely N-dealkylation sites (tertiary alicyclic amines) is 1. The fourth-order valence-corrected chi connectivity index (χ4v) is 4.15. The minimum atomic E-state index is -1.88. The molecule has 0 bridgehead atoms. The Kier molecular flexibility index (Phi) is 3.52. The van der Waals surface area contributed by atoms with Crippen LogP contribution in [0.2, 0.25) is 0 Å². The number of alkyl halides is 3. The van der Waals surface area contributed by atoms with E-state index in [9.17, 15) is 10.1 Å². The van der Waals surface area contributed by atoms with E-state index < -0.39 is 15.4 Å². The molecule has 0 amide bonds. The molecule has 0 N–H and O–H groups in total. The highest BCUT2D eigenvalue weighted by Crippen LogP contribution is 2.53. The summed E-state index contributed by atoms with van der Waals surface area (Å²) < 4.78 is 3.87. The number of hydrogen-bond donors (Lipinski definition) is 0. The van der Waals surface area contributed by atoms with Crippen molar-refractivity contribution in [1.29, 1.82) is 0 Å². The molecule has 2 aliphatic heterocycles.